The van der Waals surface area contributed by atoms with Crippen LogP contribution in [0, 0.1) is 3.57 Å². The zero-order valence-electron chi connectivity index (χ0n) is 10.7. The number of amides is 1. The summed E-state index contributed by atoms with van der Waals surface area (Å²) in [5, 5.41) is 6.93. The van der Waals surface area contributed by atoms with E-state index in [-0.39, 0.29) is 12.5 Å². The molecule has 0 atom stereocenters. The van der Waals surface area contributed by atoms with E-state index in [0.717, 1.165) is 14.8 Å². The van der Waals surface area contributed by atoms with Gasteiger partial charge in [0.25, 0.3) is 5.91 Å². The molecule has 0 bridgehead atoms. The number of nitrogens with one attached hydrogen (secondary N) is 2. The van der Waals surface area contributed by atoms with Crippen molar-refractivity contribution in [2.45, 2.75) is 0 Å². The van der Waals surface area contributed by atoms with Gasteiger partial charge in [-0.25, -0.2) is 5.43 Å². The van der Waals surface area contributed by atoms with Gasteiger partial charge in [0.15, 0.2) is 0 Å². The predicted octanol–water partition coefficient (Wildman–Crippen LogP) is 2.85. The van der Waals surface area contributed by atoms with E-state index in [4.69, 9.17) is 0 Å². The number of benzene rings is 2. The fourth-order valence-electron chi connectivity index (χ4n) is 1.51. The molecular formula is C15H14IN3O. The maximum Gasteiger partial charge on any atom is 0.259 e. The van der Waals surface area contributed by atoms with Crippen LogP contribution in [-0.4, -0.2) is 18.7 Å². The number of carbonyl (C=O) groups excluding carboxylic acids is 1. The number of nitrogens with zero attached hydrogens (tertiary/aromatic N) is 1. The quantitative estimate of drug-likeness (QED) is 0.477. The third-order valence-corrected chi connectivity index (χ3v) is 3.22. The Morgan fingerprint density at radius 1 is 1.10 bits per heavy atom. The molecule has 0 aliphatic carbocycles. The number of rotatable bonds is 5. The van der Waals surface area contributed by atoms with E-state index >= 15 is 0 Å². The summed E-state index contributed by atoms with van der Waals surface area (Å²) in [4.78, 5) is 11.6. The van der Waals surface area contributed by atoms with Gasteiger partial charge in [0.05, 0.1) is 12.8 Å². The minimum Gasteiger partial charge on any atom is -0.376 e. The van der Waals surface area contributed by atoms with Gasteiger partial charge in [-0.05, 0) is 52.4 Å². The monoisotopic (exact) mass is 379 g/mol. The topological polar surface area (TPSA) is 53.5 Å². The molecule has 20 heavy (non-hydrogen) atoms. The van der Waals surface area contributed by atoms with Crippen molar-refractivity contribution in [3.63, 3.8) is 0 Å². The second-order valence-corrected chi connectivity index (χ2v) is 5.31. The molecule has 0 saturated heterocycles. The first-order chi connectivity index (χ1) is 9.74. The summed E-state index contributed by atoms with van der Waals surface area (Å²) >= 11 is 2.24. The maximum absolute atomic E-state index is 11.6. The lowest BCUT2D eigenvalue weighted by molar-refractivity contribution is -0.119. The molecule has 0 aliphatic rings. The Labute approximate surface area is 131 Å². The highest BCUT2D eigenvalue weighted by Crippen LogP contribution is 2.05. The smallest absolute Gasteiger partial charge is 0.259 e. The molecule has 1 amide bonds. The number of anilines is 1. The van der Waals surface area contributed by atoms with Crippen molar-refractivity contribution >= 4 is 40.4 Å². The van der Waals surface area contributed by atoms with Crippen LogP contribution in [0.25, 0.3) is 0 Å². The first-order valence-electron chi connectivity index (χ1n) is 6.10. The van der Waals surface area contributed by atoms with Gasteiger partial charge in [-0.1, -0.05) is 30.3 Å². The van der Waals surface area contributed by atoms with Crippen molar-refractivity contribution in [2.24, 2.45) is 5.10 Å². The molecule has 0 spiro atoms. The number of hydrazone groups is 1. The van der Waals surface area contributed by atoms with Crippen molar-refractivity contribution in [1.82, 2.24) is 5.43 Å². The van der Waals surface area contributed by atoms with Crippen molar-refractivity contribution in [3.05, 3.63) is 63.7 Å². The highest BCUT2D eigenvalue weighted by molar-refractivity contribution is 14.1. The second-order valence-electron chi connectivity index (χ2n) is 4.06. The summed E-state index contributed by atoms with van der Waals surface area (Å²) in [5.41, 5.74) is 4.33. The van der Waals surface area contributed by atoms with Crippen molar-refractivity contribution < 1.29 is 4.79 Å². The van der Waals surface area contributed by atoms with Crippen LogP contribution in [0.15, 0.2) is 59.7 Å². The predicted molar refractivity (Wildman–Crippen MR) is 89.8 cm³/mol. The van der Waals surface area contributed by atoms with Gasteiger partial charge in [-0.3, -0.25) is 4.79 Å². The zero-order chi connectivity index (χ0) is 14.2. The molecule has 4 nitrogen and oxygen atoms in total. The van der Waals surface area contributed by atoms with Gasteiger partial charge >= 0.3 is 0 Å². The minimum atomic E-state index is -0.185. The highest BCUT2D eigenvalue weighted by Gasteiger charge is 1.98. The number of para-hydroxylation sites is 1. The van der Waals surface area contributed by atoms with Crippen LogP contribution < -0.4 is 10.7 Å². The van der Waals surface area contributed by atoms with E-state index in [1.165, 1.54) is 0 Å². The van der Waals surface area contributed by atoms with Crippen LogP contribution in [-0.2, 0) is 4.79 Å². The average molecular weight is 379 g/mol. The van der Waals surface area contributed by atoms with Gasteiger partial charge in [-0.2, -0.15) is 5.10 Å². The molecule has 0 fully saturated rings. The molecule has 0 aromatic heterocycles. The van der Waals surface area contributed by atoms with Crippen LogP contribution in [0.2, 0.25) is 0 Å². The van der Waals surface area contributed by atoms with Gasteiger partial charge in [-0.15, -0.1) is 0 Å². The standard InChI is InChI=1S/C15H14IN3O/c16-13-8-6-12(7-9-13)10-18-19-15(20)11-17-14-4-2-1-3-5-14/h1-10,17H,11H2,(H,19,20)/b18-10-. The van der Waals surface area contributed by atoms with E-state index in [1.807, 2.05) is 54.6 Å². The first-order valence-corrected chi connectivity index (χ1v) is 7.18. The Hall–Kier alpha value is -1.89. The fraction of sp³-hybridized carbons (Fsp3) is 0.0667. The number of hydrogen-bond acceptors (Lipinski definition) is 3. The summed E-state index contributed by atoms with van der Waals surface area (Å²) < 4.78 is 1.16. The Balaban J connectivity index is 1.76. The molecule has 0 heterocycles. The van der Waals surface area contributed by atoms with Crippen LogP contribution in [0.5, 0.6) is 0 Å². The maximum atomic E-state index is 11.6. The molecule has 0 saturated carbocycles. The van der Waals surface area contributed by atoms with E-state index < -0.39 is 0 Å². The average Bonchev–Trinajstić information content (AvgIpc) is 2.48. The highest BCUT2D eigenvalue weighted by atomic mass is 127. The van der Waals surface area contributed by atoms with E-state index in [9.17, 15) is 4.79 Å². The fourth-order valence-corrected chi connectivity index (χ4v) is 1.87. The SMILES string of the molecule is O=C(CNc1ccccc1)N/N=C\c1ccc(I)cc1. The molecule has 2 N–H and O–H groups in total. The molecule has 2 aromatic carbocycles. The van der Waals surface area contributed by atoms with Gasteiger partial charge in [0, 0.05) is 9.26 Å². The molecule has 2 aromatic rings. The third kappa shape index (κ3) is 5.00. The second kappa shape index (κ2) is 7.64. The zero-order valence-corrected chi connectivity index (χ0v) is 12.9. The molecule has 102 valence electrons. The molecule has 2 rings (SSSR count). The largest absolute Gasteiger partial charge is 0.376 e. The van der Waals surface area contributed by atoms with Gasteiger partial charge in [0.1, 0.15) is 0 Å². The summed E-state index contributed by atoms with van der Waals surface area (Å²) in [6, 6.07) is 17.4. The van der Waals surface area contributed by atoms with Crippen molar-refractivity contribution in [1.29, 1.82) is 0 Å². The van der Waals surface area contributed by atoms with Crippen LogP contribution in [0.1, 0.15) is 5.56 Å². The summed E-state index contributed by atoms with van der Waals surface area (Å²) in [6.07, 6.45) is 1.62. The van der Waals surface area contributed by atoms with Crippen LogP contribution in [0.4, 0.5) is 5.69 Å². The molecular weight excluding hydrogens is 365 g/mol. The molecule has 5 heteroatoms. The van der Waals surface area contributed by atoms with Crippen LogP contribution in [0.3, 0.4) is 0 Å². The molecule has 0 aliphatic heterocycles. The minimum absolute atomic E-state index is 0.185. The van der Waals surface area contributed by atoms with Gasteiger partial charge in [0.2, 0.25) is 0 Å². The van der Waals surface area contributed by atoms with Crippen LogP contribution >= 0.6 is 22.6 Å². The van der Waals surface area contributed by atoms with Crippen molar-refractivity contribution in [2.75, 3.05) is 11.9 Å². The van der Waals surface area contributed by atoms with E-state index in [2.05, 4.69) is 38.4 Å². The number of carbonyl (C=O) groups is 1. The Kier molecular flexibility index (Phi) is 5.55. The Morgan fingerprint density at radius 3 is 2.50 bits per heavy atom. The molecule has 0 unspecified atom stereocenters. The summed E-state index contributed by atoms with van der Waals surface area (Å²) in [5.74, 6) is -0.185. The normalized spacial score (nSPS) is 10.4. The summed E-state index contributed by atoms with van der Waals surface area (Å²) in [6.45, 7) is 0.189. The first kappa shape index (κ1) is 14.5. The third-order valence-electron chi connectivity index (χ3n) is 2.50. The van der Waals surface area contributed by atoms with Gasteiger partial charge < -0.3 is 5.32 Å². The number of hydrogen-bond donors (Lipinski definition) is 2. The van der Waals surface area contributed by atoms with Crippen molar-refractivity contribution in [3.8, 4) is 0 Å². The Bertz CT molecular complexity index is 582. The lowest BCUT2D eigenvalue weighted by Crippen LogP contribution is -2.25. The lowest BCUT2D eigenvalue weighted by Gasteiger charge is -2.04. The lowest BCUT2D eigenvalue weighted by atomic mass is 10.2. The Morgan fingerprint density at radius 2 is 1.80 bits per heavy atom. The van der Waals surface area contributed by atoms with E-state index in [1.54, 1.807) is 6.21 Å². The molecule has 0 radical (unpaired) electrons. The summed E-state index contributed by atoms with van der Waals surface area (Å²) in [7, 11) is 0. The number of halogens is 1. The van der Waals surface area contributed by atoms with E-state index in [0.29, 0.717) is 0 Å².